The van der Waals surface area contributed by atoms with Crippen molar-refractivity contribution in [1.29, 1.82) is 0 Å². The second-order valence-electron chi connectivity index (χ2n) is 7.28. The number of aryl methyl sites for hydroxylation is 2. The summed E-state index contributed by atoms with van der Waals surface area (Å²) in [6.07, 6.45) is 3.72. The first-order chi connectivity index (χ1) is 14.1. The van der Waals surface area contributed by atoms with Crippen molar-refractivity contribution in [1.82, 2.24) is 9.78 Å². The lowest BCUT2D eigenvalue weighted by atomic mass is 9.98. The van der Waals surface area contributed by atoms with Gasteiger partial charge >= 0.3 is 0 Å². The number of aromatic nitrogens is 2. The van der Waals surface area contributed by atoms with Gasteiger partial charge in [-0.1, -0.05) is 48.5 Å². The Balaban J connectivity index is 1.58. The van der Waals surface area contributed by atoms with Gasteiger partial charge in [-0.05, 0) is 65.9 Å². The van der Waals surface area contributed by atoms with E-state index in [0.29, 0.717) is 5.56 Å². The Morgan fingerprint density at radius 3 is 2.34 bits per heavy atom. The van der Waals surface area contributed by atoms with Crippen molar-refractivity contribution in [2.75, 3.05) is 5.32 Å². The number of benzene rings is 3. The van der Waals surface area contributed by atoms with Gasteiger partial charge in [-0.15, -0.1) is 0 Å². The van der Waals surface area contributed by atoms with Crippen LogP contribution in [-0.4, -0.2) is 15.7 Å². The molecule has 0 fully saturated rings. The molecule has 0 atom stereocenters. The zero-order chi connectivity index (χ0) is 20.2. The molecule has 144 valence electrons. The maximum Gasteiger partial charge on any atom is 0.256 e. The Kier molecular flexibility index (Phi) is 5.25. The van der Waals surface area contributed by atoms with Gasteiger partial charge in [-0.2, -0.15) is 5.10 Å². The molecule has 4 rings (SSSR count). The highest BCUT2D eigenvalue weighted by Crippen LogP contribution is 2.25. The summed E-state index contributed by atoms with van der Waals surface area (Å²) in [6.45, 7) is 4.78. The fourth-order valence-corrected chi connectivity index (χ4v) is 3.55. The van der Waals surface area contributed by atoms with Gasteiger partial charge in [0.05, 0.1) is 6.54 Å². The smallest absolute Gasteiger partial charge is 0.256 e. The second-order valence-corrected chi connectivity index (χ2v) is 7.28. The van der Waals surface area contributed by atoms with Crippen LogP contribution in [0.3, 0.4) is 0 Å². The summed E-state index contributed by atoms with van der Waals surface area (Å²) in [6, 6.07) is 24.0. The van der Waals surface area contributed by atoms with E-state index in [-0.39, 0.29) is 5.91 Å². The number of carbonyl (C=O) groups is 1. The molecule has 4 aromatic rings. The molecule has 0 radical (unpaired) electrons. The lowest BCUT2D eigenvalue weighted by molar-refractivity contribution is 0.102. The average Bonchev–Trinajstić information content (AvgIpc) is 3.21. The fourth-order valence-electron chi connectivity index (χ4n) is 3.55. The molecule has 29 heavy (non-hydrogen) atoms. The van der Waals surface area contributed by atoms with Crippen LogP contribution in [0.4, 0.5) is 5.69 Å². The quantitative estimate of drug-likeness (QED) is 0.498. The molecule has 0 unspecified atom stereocenters. The highest BCUT2D eigenvalue weighted by Gasteiger charge is 2.13. The zero-order valence-electron chi connectivity index (χ0n) is 16.6. The molecule has 1 N–H and O–H groups in total. The van der Waals surface area contributed by atoms with Gasteiger partial charge in [0.2, 0.25) is 0 Å². The Hall–Kier alpha value is -3.66. The van der Waals surface area contributed by atoms with Crippen LogP contribution in [-0.2, 0) is 6.54 Å². The minimum atomic E-state index is -0.105. The lowest BCUT2D eigenvalue weighted by Crippen LogP contribution is -2.13. The predicted molar refractivity (Wildman–Crippen MR) is 117 cm³/mol. The number of rotatable bonds is 5. The minimum Gasteiger partial charge on any atom is -0.322 e. The number of amides is 1. The molecule has 0 aliphatic heterocycles. The number of nitrogens with zero attached hydrogens (tertiary/aromatic N) is 2. The van der Waals surface area contributed by atoms with E-state index in [2.05, 4.69) is 40.7 Å². The molecule has 0 bridgehead atoms. The molecule has 0 saturated heterocycles. The van der Waals surface area contributed by atoms with E-state index < -0.39 is 0 Å². The molecule has 1 aromatic heterocycles. The van der Waals surface area contributed by atoms with Gasteiger partial charge < -0.3 is 5.32 Å². The standard InChI is InChI=1S/C25H23N3O/c1-18-14-19(2)16-22(15-18)27-25(29)24-7-4-3-6-23(24)21-10-8-20(9-11-21)17-28-13-5-12-26-28/h3-16H,17H2,1-2H3,(H,27,29). The third kappa shape index (κ3) is 4.43. The van der Waals surface area contributed by atoms with Crippen LogP contribution in [0.5, 0.6) is 0 Å². The molecule has 0 aliphatic rings. The van der Waals surface area contributed by atoms with E-state index in [1.54, 1.807) is 6.20 Å². The molecule has 1 heterocycles. The summed E-state index contributed by atoms with van der Waals surface area (Å²) in [5.74, 6) is -0.105. The Labute approximate surface area is 170 Å². The molecular weight excluding hydrogens is 358 g/mol. The van der Waals surface area contributed by atoms with Crippen LogP contribution in [0, 0.1) is 13.8 Å². The van der Waals surface area contributed by atoms with Crippen molar-refractivity contribution in [3.05, 3.63) is 107 Å². The maximum atomic E-state index is 13.0. The first kappa shape index (κ1) is 18.7. The lowest BCUT2D eigenvalue weighted by Gasteiger charge is -2.12. The van der Waals surface area contributed by atoms with Crippen LogP contribution in [0.15, 0.2) is 85.2 Å². The third-order valence-electron chi connectivity index (χ3n) is 4.82. The monoisotopic (exact) mass is 381 g/mol. The van der Waals surface area contributed by atoms with Crippen molar-refractivity contribution in [3.8, 4) is 11.1 Å². The van der Waals surface area contributed by atoms with Crippen LogP contribution in [0.2, 0.25) is 0 Å². The van der Waals surface area contributed by atoms with Gasteiger partial charge in [0.25, 0.3) is 5.91 Å². The van der Waals surface area contributed by atoms with E-state index >= 15 is 0 Å². The van der Waals surface area contributed by atoms with Gasteiger partial charge in [0.15, 0.2) is 0 Å². The van der Waals surface area contributed by atoms with Gasteiger partial charge in [-0.25, -0.2) is 0 Å². The fraction of sp³-hybridized carbons (Fsp3) is 0.120. The van der Waals surface area contributed by atoms with Crippen molar-refractivity contribution >= 4 is 11.6 Å². The summed E-state index contributed by atoms with van der Waals surface area (Å²) < 4.78 is 1.89. The summed E-state index contributed by atoms with van der Waals surface area (Å²) in [7, 11) is 0. The topological polar surface area (TPSA) is 46.9 Å². The maximum absolute atomic E-state index is 13.0. The normalized spacial score (nSPS) is 10.7. The van der Waals surface area contributed by atoms with Crippen LogP contribution in [0.1, 0.15) is 27.0 Å². The van der Waals surface area contributed by atoms with Crippen molar-refractivity contribution < 1.29 is 4.79 Å². The summed E-state index contributed by atoms with van der Waals surface area (Å²) in [5, 5.41) is 7.29. The number of hydrogen-bond acceptors (Lipinski definition) is 2. The predicted octanol–water partition coefficient (Wildman–Crippen LogP) is 5.47. The first-order valence-electron chi connectivity index (χ1n) is 9.64. The summed E-state index contributed by atoms with van der Waals surface area (Å²) in [5.41, 5.74) is 6.82. The molecule has 4 heteroatoms. The van der Waals surface area contributed by atoms with Crippen LogP contribution >= 0.6 is 0 Å². The van der Waals surface area contributed by atoms with E-state index in [9.17, 15) is 4.79 Å². The molecule has 0 aliphatic carbocycles. The highest BCUT2D eigenvalue weighted by molar-refractivity contribution is 6.08. The van der Waals surface area contributed by atoms with Gasteiger partial charge in [-0.3, -0.25) is 9.48 Å². The largest absolute Gasteiger partial charge is 0.322 e. The summed E-state index contributed by atoms with van der Waals surface area (Å²) in [4.78, 5) is 13.0. The first-order valence-corrected chi connectivity index (χ1v) is 9.64. The number of carbonyl (C=O) groups excluding carboxylic acids is 1. The van der Waals surface area contributed by atoms with E-state index in [1.807, 2.05) is 67.2 Å². The van der Waals surface area contributed by atoms with E-state index in [0.717, 1.165) is 40.0 Å². The molecule has 1 amide bonds. The Bertz CT molecular complexity index is 1110. The van der Waals surface area contributed by atoms with Crippen molar-refractivity contribution in [2.24, 2.45) is 0 Å². The Morgan fingerprint density at radius 2 is 1.66 bits per heavy atom. The number of nitrogens with one attached hydrogen (secondary N) is 1. The molecule has 3 aromatic carbocycles. The molecule has 0 spiro atoms. The van der Waals surface area contributed by atoms with Crippen molar-refractivity contribution in [2.45, 2.75) is 20.4 Å². The zero-order valence-corrected chi connectivity index (χ0v) is 16.6. The van der Waals surface area contributed by atoms with Gasteiger partial charge in [0, 0.05) is 23.6 Å². The van der Waals surface area contributed by atoms with E-state index in [1.165, 1.54) is 0 Å². The van der Waals surface area contributed by atoms with E-state index in [4.69, 9.17) is 0 Å². The number of anilines is 1. The SMILES string of the molecule is Cc1cc(C)cc(NC(=O)c2ccccc2-c2ccc(Cn3cccn3)cc2)c1. The van der Waals surface area contributed by atoms with Crippen LogP contribution < -0.4 is 5.32 Å². The Morgan fingerprint density at radius 1 is 0.931 bits per heavy atom. The summed E-state index contributed by atoms with van der Waals surface area (Å²) >= 11 is 0. The minimum absolute atomic E-state index is 0.105. The highest BCUT2D eigenvalue weighted by atomic mass is 16.1. The van der Waals surface area contributed by atoms with Gasteiger partial charge in [0.1, 0.15) is 0 Å². The second kappa shape index (κ2) is 8.15. The van der Waals surface area contributed by atoms with Crippen LogP contribution in [0.25, 0.3) is 11.1 Å². The van der Waals surface area contributed by atoms with Crippen molar-refractivity contribution in [3.63, 3.8) is 0 Å². The molecule has 0 saturated carbocycles. The average molecular weight is 381 g/mol. The third-order valence-corrected chi connectivity index (χ3v) is 4.82. The molecular formula is C25H23N3O. The molecule has 4 nitrogen and oxygen atoms in total. The number of hydrogen-bond donors (Lipinski definition) is 1.